The molecule has 0 aromatic carbocycles. The quantitative estimate of drug-likeness (QED) is 0.827. The molecule has 5 heteroatoms. The maximum atomic E-state index is 12.5. The van der Waals surface area contributed by atoms with E-state index in [2.05, 4.69) is 22.5 Å². The number of nitrogens with one attached hydrogen (secondary N) is 2. The van der Waals surface area contributed by atoms with Crippen molar-refractivity contribution in [2.75, 3.05) is 20.2 Å². The highest BCUT2D eigenvalue weighted by Crippen LogP contribution is 2.31. The third-order valence-electron chi connectivity index (χ3n) is 3.92. The smallest absolute Gasteiger partial charge is 0.227 e. The van der Waals surface area contributed by atoms with Crippen LogP contribution in [0.2, 0.25) is 0 Å². The highest BCUT2D eigenvalue weighted by Gasteiger charge is 2.39. The molecular formula is C15H23N3O2. The van der Waals surface area contributed by atoms with Crippen LogP contribution < -0.4 is 15.4 Å². The van der Waals surface area contributed by atoms with Gasteiger partial charge in [-0.3, -0.25) is 4.79 Å². The predicted octanol–water partition coefficient (Wildman–Crippen LogP) is 1.49. The number of pyridine rings is 1. The van der Waals surface area contributed by atoms with E-state index in [1.165, 1.54) is 0 Å². The molecule has 1 aliphatic heterocycles. The fourth-order valence-corrected chi connectivity index (χ4v) is 2.78. The normalized spacial score (nSPS) is 21.7. The summed E-state index contributed by atoms with van der Waals surface area (Å²) in [5.74, 6) is 0.725. The van der Waals surface area contributed by atoms with E-state index in [-0.39, 0.29) is 11.3 Å². The number of rotatable bonds is 6. The first kappa shape index (κ1) is 14.8. The molecule has 0 aliphatic carbocycles. The van der Waals surface area contributed by atoms with Crippen molar-refractivity contribution in [3.8, 4) is 5.88 Å². The van der Waals surface area contributed by atoms with Gasteiger partial charge in [0.25, 0.3) is 0 Å². The van der Waals surface area contributed by atoms with Crippen LogP contribution in [-0.4, -0.2) is 31.1 Å². The van der Waals surface area contributed by atoms with Gasteiger partial charge in [-0.1, -0.05) is 13.3 Å². The molecule has 110 valence electrons. The van der Waals surface area contributed by atoms with Crippen LogP contribution in [0.5, 0.6) is 5.88 Å². The van der Waals surface area contributed by atoms with Crippen LogP contribution in [0, 0.1) is 5.41 Å². The summed E-state index contributed by atoms with van der Waals surface area (Å²) < 4.78 is 5.09. The minimum absolute atomic E-state index is 0.153. The maximum Gasteiger partial charge on any atom is 0.227 e. The Kier molecular flexibility index (Phi) is 4.95. The summed E-state index contributed by atoms with van der Waals surface area (Å²) in [6, 6.07) is 3.74. The number of methoxy groups -OCH3 is 1. The van der Waals surface area contributed by atoms with Gasteiger partial charge in [-0.25, -0.2) is 4.98 Å². The van der Waals surface area contributed by atoms with E-state index in [9.17, 15) is 4.79 Å². The lowest BCUT2D eigenvalue weighted by Crippen LogP contribution is -2.42. The van der Waals surface area contributed by atoms with Crippen molar-refractivity contribution >= 4 is 5.91 Å². The second-order valence-electron chi connectivity index (χ2n) is 5.35. The van der Waals surface area contributed by atoms with Crippen LogP contribution in [-0.2, 0) is 11.3 Å². The van der Waals surface area contributed by atoms with Crippen LogP contribution in [0.3, 0.4) is 0 Å². The molecule has 2 rings (SSSR count). The molecule has 1 unspecified atom stereocenters. The largest absolute Gasteiger partial charge is 0.481 e. The van der Waals surface area contributed by atoms with Crippen molar-refractivity contribution in [2.45, 2.75) is 32.7 Å². The lowest BCUT2D eigenvalue weighted by Gasteiger charge is -2.26. The number of carbonyl (C=O) groups is 1. The van der Waals surface area contributed by atoms with E-state index >= 15 is 0 Å². The van der Waals surface area contributed by atoms with Crippen molar-refractivity contribution in [3.05, 3.63) is 23.9 Å². The molecule has 0 bridgehead atoms. The summed E-state index contributed by atoms with van der Waals surface area (Å²) in [5, 5.41) is 6.36. The Morgan fingerprint density at radius 1 is 1.60 bits per heavy atom. The van der Waals surface area contributed by atoms with E-state index < -0.39 is 0 Å². The predicted molar refractivity (Wildman–Crippen MR) is 77.5 cm³/mol. The van der Waals surface area contributed by atoms with Gasteiger partial charge in [-0.2, -0.15) is 0 Å². The number of ether oxygens (including phenoxy) is 1. The van der Waals surface area contributed by atoms with Crippen LogP contribution in [0.15, 0.2) is 18.3 Å². The Morgan fingerprint density at radius 3 is 3.10 bits per heavy atom. The minimum Gasteiger partial charge on any atom is -0.481 e. The van der Waals surface area contributed by atoms with Crippen molar-refractivity contribution in [1.29, 1.82) is 0 Å². The van der Waals surface area contributed by atoms with Crippen LogP contribution >= 0.6 is 0 Å². The summed E-state index contributed by atoms with van der Waals surface area (Å²) in [4.78, 5) is 16.5. The molecule has 5 nitrogen and oxygen atoms in total. The average molecular weight is 277 g/mol. The topological polar surface area (TPSA) is 63.2 Å². The van der Waals surface area contributed by atoms with Gasteiger partial charge in [0, 0.05) is 25.4 Å². The Labute approximate surface area is 120 Å². The number of carbonyl (C=O) groups excluding carboxylic acids is 1. The summed E-state index contributed by atoms with van der Waals surface area (Å²) in [7, 11) is 1.59. The molecule has 20 heavy (non-hydrogen) atoms. The van der Waals surface area contributed by atoms with Crippen LogP contribution in [0.4, 0.5) is 0 Å². The minimum atomic E-state index is -0.230. The Bertz CT molecular complexity index is 456. The Balaban J connectivity index is 1.96. The molecule has 1 aliphatic rings. The van der Waals surface area contributed by atoms with Crippen molar-refractivity contribution in [3.63, 3.8) is 0 Å². The van der Waals surface area contributed by atoms with Gasteiger partial charge < -0.3 is 15.4 Å². The molecule has 1 amide bonds. The summed E-state index contributed by atoms with van der Waals surface area (Å²) in [6.07, 6.45) is 4.58. The number of hydrogen-bond donors (Lipinski definition) is 2. The van der Waals surface area contributed by atoms with Crippen molar-refractivity contribution < 1.29 is 9.53 Å². The summed E-state index contributed by atoms with van der Waals surface area (Å²) >= 11 is 0. The van der Waals surface area contributed by atoms with E-state index in [4.69, 9.17) is 4.74 Å². The third-order valence-corrected chi connectivity index (χ3v) is 3.92. The molecule has 0 spiro atoms. The van der Waals surface area contributed by atoms with E-state index in [0.717, 1.165) is 37.9 Å². The monoisotopic (exact) mass is 277 g/mol. The second kappa shape index (κ2) is 6.70. The molecule has 1 aromatic rings. The molecule has 0 saturated carbocycles. The maximum absolute atomic E-state index is 12.5. The van der Waals surface area contributed by atoms with Crippen LogP contribution in [0.25, 0.3) is 0 Å². The highest BCUT2D eigenvalue weighted by atomic mass is 16.5. The first-order chi connectivity index (χ1) is 9.70. The molecule has 1 atom stereocenters. The zero-order valence-electron chi connectivity index (χ0n) is 12.2. The number of aromatic nitrogens is 1. The summed E-state index contributed by atoms with van der Waals surface area (Å²) in [5.41, 5.74) is 0.772. The SMILES string of the molecule is CCCC1(C(=O)NCc2ccnc(OC)c2)CCNC1. The van der Waals surface area contributed by atoms with Gasteiger partial charge in [-0.15, -0.1) is 0 Å². The Morgan fingerprint density at radius 2 is 2.45 bits per heavy atom. The number of amides is 1. The Hall–Kier alpha value is -1.62. The molecule has 2 heterocycles. The lowest BCUT2D eigenvalue weighted by atomic mass is 9.81. The third kappa shape index (κ3) is 3.28. The van der Waals surface area contributed by atoms with E-state index in [1.807, 2.05) is 12.1 Å². The van der Waals surface area contributed by atoms with Gasteiger partial charge >= 0.3 is 0 Å². The standard InChI is InChI=1S/C15H23N3O2/c1-3-5-15(6-8-16-11-15)14(19)18-10-12-4-7-17-13(9-12)20-2/h4,7,9,16H,3,5-6,8,10-11H2,1-2H3,(H,18,19). The summed E-state index contributed by atoms with van der Waals surface area (Å²) in [6.45, 7) is 4.35. The van der Waals surface area contributed by atoms with E-state index in [0.29, 0.717) is 12.4 Å². The van der Waals surface area contributed by atoms with Gasteiger partial charge in [-0.05, 0) is 31.0 Å². The average Bonchev–Trinajstić information content (AvgIpc) is 2.95. The van der Waals surface area contributed by atoms with E-state index in [1.54, 1.807) is 13.3 Å². The number of hydrogen-bond acceptors (Lipinski definition) is 4. The van der Waals surface area contributed by atoms with Crippen LogP contribution in [0.1, 0.15) is 31.7 Å². The molecular weight excluding hydrogens is 254 g/mol. The van der Waals surface area contributed by atoms with Gasteiger partial charge in [0.2, 0.25) is 11.8 Å². The van der Waals surface area contributed by atoms with Gasteiger partial charge in [0.1, 0.15) is 0 Å². The van der Waals surface area contributed by atoms with Crippen molar-refractivity contribution in [1.82, 2.24) is 15.6 Å². The molecule has 0 radical (unpaired) electrons. The zero-order valence-corrected chi connectivity index (χ0v) is 12.2. The molecule has 2 N–H and O–H groups in total. The highest BCUT2D eigenvalue weighted by molar-refractivity contribution is 5.83. The second-order valence-corrected chi connectivity index (χ2v) is 5.35. The molecule has 1 aromatic heterocycles. The first-order valence-corrected chi connectivity index (χ1v) is 7.18. The van der Waals surface area contributed by atoms with Gasteiger partial charge in [0.15, 0.2) is 0 Å². The van der Waals surface area contributed by atoms with Gasteiger partial charge in [0.05, 0.1) is 12.5 Å². The number of nitrogens with zero attached hydrogens (tertiary/aromatic N) is 1. The fraction of sp³-hybridized carbons (Fsp3) is 0.600. The molecule has 1 saturated heterocycles. The zero-order chi connectivity index (χ0) is 14.4. The lowest BCUT2D eigenvalue weighted by molar-refractivity contribution is -0.130. The fourth-order valence-electron chi connectivity index (χ4n) is 2.78. The molecule has 1 fully saturated rings. The van der Waals surface area contributed by atoms with Crippen molar-refractivity contribution in [2.24, 2.45) is 5.41 Å². The first-order valence-electron chi connectivity index (χ1n) is 7.18.